The third-order valence-corrected chi connectivity index (χ3v) is 10.0. The number of amides is 3. The van der Waals surface area contributed by atoms with Crippen LogP contribution in [0.4, 0.5) is 5.69 Å². The molecule has 1 spiro atoms. The number of carbonyl (C=O) groups excluding carboxylic acids is 3. The quantitative estimate of drug-likeness (QED) is 0.368. The third-order valence-electron chi connectivity index (χ3n) is 8.02. The Morgan fingerprint density at radius 2 is 1.86 bits per heavy atom. The summed E-state index contributed by atoms with van der Waals surface area (Å²) in [6.45, 7) is 5.32. The van der Waals surface area contributed by atoms with Crippen molar-refractivity contribution in [2.75, 3.05) is 32.1 Å². The third kappa shape index (κ3) is 4.72. The molecule has 3 aliphatic rings. The van der Waals surface area contributed by atoms with Crippen molar-refractivity contribution in [1.82, 2.24) is 10.2 Å². The van der Waals surface area contributed by atoms with Crippen LogP contribution < -0.4 is 15.4 Å². The summed E-state index contributed by atoms with van der Waals surface area (Å²) in [7, 11) is 1.59. The van der Waals surface area contributed by atoms with Crippen LogP contribution in [0.25, 0.3) is 0 Å². The highest BCUT2D eigenvalue weighted by Gasteiger charge is 2.76. The fraction of sp³-hybridized carbons (Fsp3) is 0.667. The van der Waals surface area contributed by atoms with E-state index in [1.165, 1.54) is 0 Å². The highest BCUT2D eigenvalue weighted by atomic mass is 32.2. The van der Waals surface area contributed by atoms with E-state index in [1.807, 2.05) is 6.92 Å². The number of thioether (sulfide) groups is 1. The van der Waals surface area contributed by atoms with Gasteiger partial charge in [0.2, 0.25) is 17.7 Å². The van der Waals surface area contributed by atoms with Gasteiger partial charge in [-0.1, -0.05) is 19.8 Å². The summed E-state index contributed by atoms with van der Waals surface area (Å²) in [4.78, 5) is 42.9. The van der Waals surface area contributed by atoms with Crippen LogP contribution in [0.1, 0.15) is 58.8 Å². The van der Waals surface area contributed by atoms with Gasteiger partial charge in [-0.05, 0) is 63.3 Å². The summed E-state index contributed by atoms with van der Waals surface area (Å²) in [5, 5.41) is 15.2. The predicted molar refractivity (Wildman–Crippen MR) is 141 cm³/mol. The first-order valence-electron chi connectivity index (χ1n) is 13.2. The minimum atomic E-state index is -0.634. The smallest absolute Gasteiger partial charge is 0.248 e. The lowest BCUT2D eigenvalue weighted by molar-refractivity contribution is -0.140. The summed E-state index contributed by atoms with van der Waals surface area (Å²) in [5.74, 6) is -0.567. The second-order valence-electron chi connectivity index (χ2n) is 10.4. The molecule has 0 aliphatic carbocycles. The van der Waals surface area contributed by atoms with E-state index in [-0.39, 0.29) is 29.1 Å². The number of nitrogens with zero attached hydrogens (tertiary/aromatic N) is 1. The number of hydrogen-bond donors (Lipinski definition) is 3. The molecule has 3 heterocycles. The molecule has 198 valence electrons. The molecule has 1 aromatic carbocycles. The van der Waals surface area contributed by atoms with Crippen molar-refractivity contribution in [1.29, 1.82) is 0 Å². The molecular weight excluding hydrogens is 478 g/mol. The van der Waals surface area contributed by atoms with E-state index in [0.29, 0.717) is 24.5 Å². The van der Waals surface area contributed by atoms with E-state index in [0.717, 1.165) is 44.9 Å². The summed E-state index contributed by atoms with van der Waals surface area (Å²) in [5.41, 5.74) is 0.650. The molecule has 3 saturated heterocycles. The summed E-state index contributed by atoms with van der Waals surface area (Å²) in [6, 6.07) is 6.54. The van der Waals surface area contributed by atoms with Crippen molar-refractivity contribution in [2.45, 2.75) is 74.3 Å². The molecule has 2 bridgehead atoms. The van der Waals surface area contributed by atoms with Gasteiger partial charge in [-0.25, -0.2) is 0 Å². The maximum atomic E-state index is 14.0. The van der Waals surface area contributed by atoms with Gasteiger partial charge >= 0.3 is 0 Å². The van der Waals surface area contributed by atoms with E-state index in [4.69, 9.17) is 9.84 Å². The lowest BCUT2D eigenvalue weighted by Crippen LogP contribution is -2.52. The Morgan fingerprint density at radius 1 is 1.14 bits per heavy atom. The van der Waals surface area contributed by atoms with Crippen molar-refractivity contribution in [3.05, 3.63) is 24.3 Å². The van der Waals surface area contributed by atoms with Crippen LogP contribution in [0.3, 0.4) is 0 Å². The van der Waals surface area contributed by atoms with Gasteiger partial charge in [0.15, 0.2) is 0 Å². The van der Waals surface area contributed by atoms with E-state index in [9.17, 15) is 14.4 Å². The molecule has 36 heavy (non-hydrogen) atoms. The van der Waals surface area contributed by atoms with Gasteiger partial charge in [-0.15, -0.1) is 11.8 Å². The number of methoxy groups -OCH3 is 1. The molecule has 0 radical (unpaired) electrons. The summed E-state index contributed by atoms with van der Waals surface area (Å²) < 4.78 is 4.26. The van der Waals surface area contributed by atoms with Crippen LogP contribution in [0, 0.1) is 11.8 Å². The molecule has 3 aliphatic heterocycles. The molecule has 2 unspecified atom stereocenters. The number of likely N-dealkylation sites (tertiary alicyclic amines) is 1. The normalized spacial score (nSPS) is 30.4. The molecule has 3 N–H and O–H groups in total. The minimum absolute atomic E-state index is 0.0640. The molecule has 9 heteroatoms. The number of hydrogen-bond acceptors (Lipinski definition) is 6. The van der Waals surface area contributed by atoms with Crippen LogP contribution in [0.5, 0.6) is 5.75 Å². The van der Waals surface area contributed by atoms with Crippen molar-refractivity contribution in [2.24, 2.45) is 11.8 Å². The first-order valence-corrected chi connectivity index (χ1v) is 14.0. The van der Waals surface area contributed by atoms with Crippen molar-refractivity contribution < 1.29 is 24.2 Å². The zero-order valence-corrected chi connectivity index (χ0v) is 22.4. The van der Waals surface area contributed by atoms with Crippen LogP contribution in [-0.2, 0) is 14.4 Å². The number of anilines is 1. The van der Waals surface area contributed by atoms with Gasteiger partial charge in [0, 0.05) is 30.1 Å². The minimum Gasteiger partial charge on any atom is -0.497 e. The zero-order chi connectivity index (χ0) is 25.9. The Hall–Kier alpha value is -2.26. The molecule has 4 rings (SSSR count). The van der Waals surface area contributed by atoms with Gasteiger partial charge in [-0.2, -0.15) is 0 Å². The SMILES string of the molecule is CCCNC(=O)[C@@H]1[C@H]2C(=O)N(CCCCCCO)C(C(=O)Nc3ccc(OC)cc3)C23CC[C@@]1(C)S3. The number of carbonyl (C=O) groups is 3. The van der Waals surface area contributed by atoms with Gasteiger partial charge in [-0.3, -0.25) is 14.4 Å². The van der Waals surface area contributed by atoms with Gasteiger partial charge in [0.25, 0.3) is 0 Å². The average molecular weight is 518 g/mol. The van der Waals surface area contributed by atoms with Crippen LogP contribution in [0.2, 0.25) is 0 Å². The zero-order valence-electron chi connectivity index (χ0n) is 21.5. The number of rotatable bonds is 12. The molecule has 8 nitrogen and oxygen atoms in total. The number of unbranched alkanes of at least 4 members (excludes halogenated alkanes) is 3. The Kier molecular flexibility index (Phi) is 8.19. The maximum Gasteiger partial charge on any atom is 0.248 e. The van der Waals surface area contributed by atoms with E-state index in [1.54, 1.807) is 48.0 Å². The number of nitrogens with one attached hydrogen (secondary N) is 2. The second kappa shape index (κ2) is 11.0. The number of aliphatic hydroxyl groups excluding tert-OH is 1. The van der Waals surface area contributed by atoms with E-state index < -0.39 is 22.6 Å². The Bertz CT molecular complexity index is 973. The number of ether oxygens (including phenoxy) is 1. The first kappa shape index (κ1) is 26.8. The molecule has 3 amide bonds. The monoisotopic (exact) mass is 517 g/mol. The van der Waals surface area contributed by atoms with E-state index >= 15 is 0 Å². The number of fused-ring (bicyclic) bond motifs is 1. The fourth-order valence-electron chi connectivity index (χ4n) is 6.36. The topological polar surface area (TPSA) is 108 Å². The van der Waals surface area contributed by atoms with Crippen molar-refractivity contribution in [3.8, 4) is 5.75 Å². The Balaban J connectivity index is 1.62. The maximum absolute atomic E-state index is 14.0. The molecule has 3 fully saturated rings. The average Bonchev–Trinajstić information content (AvgIpc) is 3.43. The van der Waals surface area contributed by atoms with Gasteiger partial charge in [0.05, 0.1) is 23.7 Å². The Morgan fingerprint density at radius 3 is 2.53 bits per heavy atom. The van der Waals surface area contributed by atoms with Crippen LogP contribution >= 0.6 is 11.8 Å². The van der Waals surface area contributed by atoms with E-state index in [2.05, 4.69) is 17.6 Å². The second-order valence-corrected chi connectivity index (χ2v) is 12.3. The van der Waals surface area contributed by atoms with Crippen LogP contribution in [0.15, 0.2) is 24.3 Å². The van der Waals surface area contributed by atoms with Crippen molar-refractivity contribution >= 4 is 35.2 Å². The largest absolute Gasteiger partial charge is 0.497 e. The standard InChI is InChI=1S/C27H39N3O5S/c1-4-15-28-23(32)20-21-25(34)30(16-7-5-6-8-17-31)22(27(21)14-13-26(20,2)36-27)24(33)29-18-9-11-19(35-3)12-10-18/h9-12,20-22,31H,4-8,13-17H2,1-3H3,(H,28,32)(H,29,33)/t20-,21-,22?,26+,27?/m0/s1. The molecular formula is C27H39N3O5S. The first-order chi connectivity index (χ1) is 17.3. The highest BCUT2D eigenvalue weighted by Crippen LogP contribution is 2.71. The molecule has 5 atom stereocenters. The van der Waals surface area contributed by atoms with Crippen LogP contribution in [-0.4, -0.2) is 70.1 Å². The number of aliphatic hydroxyl groups is 1. The summed E-state index contributed by atoms with van der Waals surface area (Å²) in [6.07, 6.45) is 5.63. The number of benzene rings is 1. The van der Waals surface area contributed by atoms with Gasteiger partial charge < -0.3 is 25.4 Å². The Labute approximate surface area is 217 Å². The molecule has 0 saturated carbocycles. The molecule has 0 aromatic heterocycles. The van der Waals surface area contributed by atoms with Crippen molar-refractivity contribution in [3.63, 3.8) is 0 Å². The van der Waals surface area contributed by atoms with Gasteiger partial charge in [0.1, 0.15) is 11.8 Å². The predicted octanol–water partition coefficient (Wildman–Crippen LogP) is 3.19. The summed E-state index contributed by atoms with van der Waals surface area (Å²) >= 11 is 1.69. The lowest BCUT2D eigenvalue weighted by atomic mass is 9.66. The fourth-order valence-corrected chi connectivity index (χ4v) is 8.71. The highest BCUT2D eigenvalue weighted by molar-refractivity contribution is 8.02. The molecule has 1 aromatic rings. The lowest BCUT2D eigenvalue weighted by Gasteiger charge is -2.34.